The maximum absolute atomic E-state index is 12.6. The van der Waals surface area contributed by atoms with Crippen LogP contribution < -0.4 is 5.32 Å². The minimum absolute atomic E-state index is 0.0536. The Hall–Kier alpha value is -4.38. The van der Waals surface area contributed by atoms with Crippen molar-refractivity contribution in [2.75, 3.05) is 5.32 Å². The Balaban J connectivity index is 1.36. The summed E-state index contributed by atoms with van der Waals surface area (Å²) in [7, 11) is 0. The first-order valence-electron chi connectivity index (χ1n) is 9.00. The van der Waals surface area contributed by atoms with Gasteiger partial charge in [0.1, 0.15) is 17.1 Å². The summed E-state index contributed by atoms with van der Waals surface area (Å²) in [5.41, 5.74) is 1.85. The number of rotatable bonds is 5. The number of carbonyl (C=O) groups is 1. The predicted molar refractivity (Wildman–Crippen MR) is 113 cm³/mol. The predicted octanol–water partition coefficient (Wildman–Crippen LogP) is 4.27. The average molecular weight is 432 g/mol. The molecule has 3 heterocycles. The Labute approximate surface area is 177 Å². The zero-order valence-electron chi connectivity index (χ0n) is 15.6. The van der Waals surface area contributed by atoms with Gasteiger partial charge in [0.15, 0.2) is 5.76 Å². The summed E-state index contributed by atoms with van der Waals surface area (Å²) >= 11 is 1.38. The van der Waals surface area contributed by atoms with Crippen LogP contribution in [0.15, 0.2) is 71.4 Å². The zero-order chi connectivity index (χ0) is 21.4. The van der Waals surface area contributed by atoms with Gasteiger partial charge in [-0.25, -0.2) is 0 Å². The Bertz CT molecular complexity index is 1410. The molecule has 0 saturated heterocycles. The highest BCUT2D eigenvalue weighted by molar-refractivity contribution is 7.19. The fourth-order valence-corrected chi connectivity index (χ4v) is 3.80. The second kappa shape index (κ2) is 7.46. The molecule has 2 aromatic carbocycles. The fraction of sp³-hybridized carbons (Fsp3) is 0. The van der Waals surface area contributed by atoms with Crippen molar-refractivity contribution in [1.82, 2.24) is 19.8 Å². The molecule has 0 aliphatic rings. The summed E-state index contributed by atoms with van der Waals surface area (Å²) in [5, 5.41) is 26.7. The van der Waals surface area contributed by atoms with Gasteiger partial charge in [0.25, 0.3) is 11.6 Å². The maximum Gasteiger partial charge on any atom is 0.291 e. The highest BCUT2D eigenvalue weighted by Gasteiger charge is 2.15. The first-order chi connectivity index (χ1) is 15.1. The monoisotopic (exact) mass is 432 g/mol. The number of amides is 1. The summed E-state index contributed by atoms with van der Waals surface area (Å²) in [6, 6.07) is 16.4. The van der Waals surface area contributed by atoms with Crippen LogP contribution in [0, 0.1) is 10.1 Å². The third-order valence-electron chi connectivity index (χ3n) is 4.43. The van der Waals surface area contributed by atoms with E-state index in [9.17, 15) is 14.9 Å². The number of fused-ring (bicyclic) bond motifs is 1. The standard InChI is InChI=1S/C20H12N6O4S/c27-18(17-8-7-16(30-17)12-3-2-6-15(10-12)26(28)29)22-14-5-1-4-13(9-14)19-24-25-11-21-23-20(25)31-19/h1-11H,(H,22,27). The van der Waals surface area contributed by atoms with Crippen LogP contribution in [0.5, 0.6) is 0 Å². The summed E-state index contributed by atoms with van der Waals surface area (Å²) < 4.78 is 7.21. The molecule has 1 N–H and O–H groups in total. The summed E-state index contributed by atoms with van der Waals surface area (Å²) in [6.07, 6.45) is 1.52. The number of nitrogens with zero attached hydrogens (tertiary/aromatic N) is 5. The van der Waals surface area contributed by atoms with Crippen LogP contribution in [0.3, 0.4) is 0 Å². The van der Waals surface area contributed by atoms with Gasteiger partial charge in [-0.2, -0.15) is 9.61 Å². The van der Waals surface area contributed by atoms with E-state index < -0.39 is 10.8 Å². The smallest absolute Gasteiger partial charge is 0.291 e. The van der Waals surface area contributed by atoms with Crippen LogP contribution in [0.4, 0.5) is 11.4 Å². The highest BCUT2D eigenvalue weighted by Crippen LogP contribution is 2.28. The number of anilines is 1. The van der Waals surface area contributed by atoms with Crippen molar-refractivity contribution in [1.29, 1.82) is 0 Å². The van der Waals surface area contributed by atoms with Crippen LogP contribution in [-0.2, 0) is 0 Å². The van der Waals surface area contributed by atoms with E-state index >= 15 is 0 Å². The second-order valence-electron chi connectivity index (χ2n) is 6.47. The Morgan fingerprint density at radius 1 is 1.10 bits per heavy atom. The summed E-state index contributed by atoms with van der Waals surface area (Å²) in [5.74, 6) is 0.0139. The van der Waals surface area contributed by atoms with Crippen molar-refractivity contribution < 1.29 is 14.1 Å². The number of non-ortho nitro benzene ring substituents is 1. The minimum Gasteiger partial charge on any atom is -0.451 e. The first-order valence-corrected chi connectivity index (χ1v) is 9.82. The molecule has 0 fully saturated rings. The molecule has 10 nitrogen and oxygen atoms in total. The Morgan fingerprint density at radius 2 is 1.94 bits per heavy atom. The van der Waals surface area contributed by atoms with Crippen molar-refractivity contribution in [3.8, 4) is 21.9 Å². The molecule has 0 unspecified atom stereocenters. The Morgan fingerprint density at radius 3 is 2.77 bits per heavy atom. The van der Waals surface area contributed by atoms with E-state index in [0.717, 1.165) is 10.6 Å². The van der Waals surface area contributed by atoms with Gasteiger partial charge in [-0.15, -0.1) is 10.2 Å². The van der Waals surface area contributed by atoms with Gasteiger partial charge in [-0.1, -0.05) is 35.6 Å². The van der Waals surface area contributed by atoms with Crippen LogP contribution >= 0.6 is 11.3 Å². The largest absolute Gasteiger partial charge is 0.451 e. The van der Waals surface area contributed by atoms with E-state index in [1.54, 1.807) is 34.8 Å². The van der Waals surface area contributed by atoms with Gasteiger partial charge < -0.3 is 9.73 Å². The van der Waals surface area contributed by atoms with E-state index in [1.165, 1.54) is 35.9 Å². The molecule has 0 saturated carbocycles. The molecule has 5 aromatic rings. The van der Waals surface area contributed by atoms with Crippen molar-refractivity contribution in [3.05, 3.63) is 82.9 Å². The number of benzene rings is 2. The summed E-state index contributed by atoms with van der Waals surface area (Å²) in [6.45, 7) is 0. The van der Waals surface area contributed by atoms with E-state index in [0.29, 0.717) is 22.0 Å². The van der Waals surface area contributed by atoms with Crippen LogP contribution in [0.1, 0.15) is 10.6 Å². The van der Waals surface area contributed by atoms with Crippen molar-refractivity contribution in [2.24, 2.45) is 0 Å². The molecule has 31 heavy (non-hydrogen) atoms. The van der Waals surface area contributed by atoms with Crippen molar-refractivity contribution in [2.45, 2.75) is 0 Å². The lowest BCUT2D eigenvalue weighted by molar-refractivity contribution is -0.384. The quantitative estimate of drug-likeness (QED) is 0.324. The minimum atomic E-state index is -0.483. The summed E-state index contributed by atoms with van der Waals surface area (Å²) in [4.78, 5) is 23.8. The SMILES string of the molecule is O=C(Nc1cccc(-c2nn3cnnc3s2)c1)c1ccc(-c2cccc([N+](=O)[O-])c2)o1. The molecule has 0 radical (unpaired) electrons. The van der Waals surface area contributed by atoms with Gasteiger partial charge >= 0.3 is 0 Å². The van der Waals surface area contributed by atoms with Gasteiger partial charge in [0.05, 0.1) is 4.92 Å². The number of furan rings is 1. The number of aromatic nitrogens is 4. The van der Waals surface area contributed by atoms with E-state index in [4.69, 9.17) is 4.42 Å². The van der Waals surface area contributed by atoms with Crippen LogP contribution in [0.2, 0.25) is 0 Å². The lowest BCUT2D eigenvalue weighted by Gasteiger charge is -2.05. The van der Waals surface area contributed by atoms with Gasteiger partial charge in [0, 0.05) is 28.9 Å². The van der Waals surface area contributed by atoms with E-state index in [-0.39, 0.29) is 11.4 Å². The average Bonchev–Trinajstić information content (AvgIpc) is 3.50. The lowest BCUT2D eigenvalue weighted by Crippen LogP contribution is -2.10. The lowest BCUT2D eigenvalue weighted by atomic mass is 10.1. The van der Waals surface area contributed by atoms with Gasteiger partial charge in [-0.3, -0.25) is 14.9 Å². The molecule has 11 heteroatoms. The number of carbonyl (C=O) groups excluding carboxylic acids is 1. The molecule has 5 rings (SSSR count). The van der Waals surface area contributed by atoms with Crippen molar-refractivity contribution in [3.63, 3.8) is 0 Å². The number of hydrogen-bond acceptors (Lipinski definition) is 8. The maximum atomic E-state index is 12.6. The normalized spacial score (nSPS) is 11.0. The molecule has 1 amide bonds. The van der Waals surface area contributed by atoms with Gasteiger partial charge in [-0.05, 0) is 24.3 Å². The molecule has 0 aliphatic carbocycles. The molecule has 152 valence electrons. The van der Waals surface area contributed by atoms with E-state index in [1.807, 2.05) is 12.1 Å². The zero-order valence-corrected chi connectivity index (χ0v) is 16.4. The number of nitro benzene ring substituents is 1. The topological polar surface area (TPSA) is 128 Å². The molecular formula is C20H12N6O4S. The molecule has 3 aromatic heterocycles. The second-order valence-corrected chi connectivity index (χ2v) is 7.43. The van der Waals surface area contributed by atoms with E-state index in [2.05, 4.69) is 20.6 Å². The molecule has 0 aliphatic heterocycles. The molecule has 0 spiro atoms. The number of hydrogen-bond donors (Lipinski definition) is 1. The highest BCUT2D eigenvalue weighted by atomic mass is 32.1. The molecular weight excluding hydrogens is 420 g/mol. The third kappa shape index (κ3) is 3.65. The van der Waals surface area contributed by atoms with Crippen molar-refractivity contribution >= 4 is 33.6 Å². The molecule has 0 atom stereocenters. The first kappa shape index (κ1) is 18.6. The fourth-order valence-electron chi connectivity index (χ4n) is 2.99. The van der Waals surface area contributed by atoms with Gasteiger partial charge in [0.2, 0.25) is 4.96 Å². The molecule has 0 bridgehead atoms. The van der Waals surface area contributed by atoms with Crippen LogP contribution in [-0.4, -0.2) is 30.6 Å². The Kier molecular flexibility index (Phi) is 4.49. The third-order valence-corrected chi connectivity index (χ3v) is 5.39. The number of nitro groups is 1. The van der Waals surface area contributed by atoms with Crippen LogP contribution in [0.25, 0.3) is 26.9 Å². The number of nitrogens with one attached hydrogen (secondary N) is 1.